The zero-order valence-electron chi connectivity index (χ0n) is 11.6. The van der Waals surface area contributed by atoms with E-state index in [-0.39, 0.29) is 10.6 Å². The van der Waals surface area contributed by atoms with Crippen LogP contribution >= 0.6 is 0 Å². The van der Waals surface area contributed by atoms with E-state index in [0.29, 0.717) is 31.7 Å². The third-order valence-electron chi connectivity index (χ3n) is 3.45. The number of benzene rings is 1. The molecule has 0 aromatic heterocycles. The van der Waals surface area contributed by atoms with Crippen molar-refractivity contribution in [1.82, 2.24) is 4.31 Å². The highest BCUT2D eigenvalue weighted by Gasteiger charge is 2.31. The summed E-state index contributed by atoms with van der Waals surface area (Å²) in [6.45, 7) is 4.44. The fourth-order valence-corrected chi connectivity index (χ4v) is 3.99. The molecule has 1 aromatic rings. The van der Waals surface area contributed by atoms with Gasteiger partial charge in [0.25, 0.3) is 0 Å². The Morgan fingerprint density at radius 1 is 1.40 bits per heavy atom. The Balaban J connectivity index is 2.63. The largest absolute Gasteiger partial charge is 0.492 e. The van der Waals surface area contributed by atoms with Gasteiger partial charge in [0.15, 0.2) is 0 Å². The first-order valence-electron chi connectivity index (χ1n) is 6.63. The van der Waals surface area contributed by atoms with Gasteiger partial charge in [0, 0.05) is 31.1 Å². The molecule has 0 saturated carbocycles. The van der Waals surface area contributed by atoms with Crippen LogP contribution in [0.3, 0.4) is 0 Å². The lowest BCUT2D eigenvalue weighted by atomic mass is 10.0. The van der Waals surface area contributed by atoms with Gasteiger partial charge in [0.1, 0.15) is 16.5 Å². The molecule has 1 aliphatic rings. The van der Waals surface area contributed by atoms with E-state index in [1.165, 1.54) is 10.4 Å². The minimum absolute atomic E-state index is 0.133. The summed E-state index contributed by atoms with van der Waals surface area (Å²) < 4.78 is 45.6. The minimum Gasteiger partial charge on any atom is -0.492 e. The summed E-state index contributed by atoms with van der Waals surface area (Å²) in [6.07, 6.45) is 0.543. The van der Waals surface area contributed by atoms with Crippen LogP contribution in [0.1, 0.15) is 31.9 Å². The van der Waals surface area contributed by atoms with Crippen LogP contribution in [0.5, 0.6) is 5.75 Å². The molecular weight excluding hydrogens is 283 g/mol. The molecule has 1 aliphatic heterocycles. The van der Waals surface area contributed by atoms with Crippen LogP contribution in [0.25, 0.3) is 0 Å². The molecule has 0 radical (unpaired) electrons. The molecule has 0 aliphatic carbocycles. The highest BCUT2D eigenvalue weighted by molar-refractivity contribution is 7.89. The smallest absolute Gasteiger partial charge is 0.246 e. The molecule has 0 spiro atoms. The number of halogens is 1. The van der Waals surface area contributed by atoms with Crippen LogP contribution in [0.4, 0.5) is 4.39 Å². The predicted molar refractivity (Wildman–Crippen MR) is 73.5 cm³/mol. The molecule has 0 saturated heterocycles. The first-order chi connectivity index (χ1) is 9.41. The lowest BCUT2D eigenvalue weighted by Gasteiger charge is -2.27. The molecule has 0 bridgehead atoms. The normalized spacial score (nSPS) is 18.8. The van der Waals surface area contributed by atoms with Gasteiger partial charge in [0.05, 0.1) is 6.61 Å². The standard InChI is InChI=1S/C13H19FN2O3S/c1-3-16(4-2)20(17,18)12-8-9(14)7-10-11(15)5-6-19-13(10)12/h7-8,11H,3-6,15H2,1-2H3. The number of ether oxygens (including phenoxy) is 1. The van der Waals surface area contributed by atoms with E-state index in [1.807, 2.05) is 0 Å². The highest BCUT2D eigenvalue weighted by Crippen LogP contribution is 2.38. The molecule has 1 unspecified atom stereocenters. The average Bonchev–Trinajstić information content (AvgIpc) is 2.40. The molecule has 0 amide bonds. The van der Waals surface area contributed by atoms with Gasteiger partial charge in [-0.3, -0.25) is 0 Å². The molecule has 5 nitrogen and oxygen atoms in total. The summed E-state index contributed by atoms with van der Waals surface area (Å²) in [6, 6.07) is 1.85. The molecule has 20 heavy (non-hydrogen) atoms. The van der Waals surface area contributed by atoms with E-state index < -0.39 is 21.9 Å². The summed E-state index contributed by atoms with van der Waals surface area (Å²) in [5, 5.41) is 0. The van der Waals surface area contributed by atoms with Crippen molar-refractivity contribution in [2.75, 3.05) is 19.7 Å². The topological polar surface area (TPSA) is 72.6 Å². The van der Waals surface area contributed by atoms with Crippen LogP contribution < -0.4 is 10.5 Å². The molecule has 7 heteroatoms. The van der Waals surface area contributed by atoms with Crippen molar-refractivity contribution in [2.45, 2.75) is 31.2 Å². The molecule has 1 aromatic carbocycles. The molecule has 1 heterocycles. The van der Waals surface area contributed by atoms with Crippen molar-refractivity contribution in [1.29, 1.82) is 0 Å². The lowest BCUT2D eigenvalue weighted by Crippen LogP contribution is -2.32. The second-order valence-electron chi connectivity index (χ2n) is 4.66. The number of hydrogen-bond acceptors (Lipinski definition) is 4. The fourth-order valence-electron chi connectivity index (χ4n) is 2.36. The van der Waals surface area contributed by atoms with Crippen molar-refractivity contribution in [3.63, 3.8) is 0 Å². The third kappa shape index (κ3) is 2.53. The first kappa shape index (κ1) is 15.2. The maximum absolute atomic E-state index is 13.7. The molecule has 1 atom stereocenters. The van der Waals surface area contributed by atoms with Crippen molar-refractivity contribution in [3.05, 3.63) is 23.5 Å². The number of nitrogens with zero attached hydrogens (tertiary/aromatic N) is 1. The van der Waals surface area contributed by atoms with Crippen LogP contribution in [0, 0.1) is 5.82 Å². The van der Waals surface area contributed by atoms with Gasteiger partial charge in [0.2, 0.25) is 10.0 Å². The van der Waals surface area contributed by atoms with E-state index in [2.05, 4.69) is 0 Å². The van der Waals surface area contributed by atoms with E-state index >= 15 is 0 Å². The molecule has 2 rings (SSSR count). The Hall–Kier alpha value is -1.18. The predicted octanol–water partition coefficient (Wildman–Crippen LogP) is 1.64. The fraction of sp³-hybridized carbons (Fsp3) is 0.538. The lowest BCUT2D eigenvalue weighted by molar-refractivity contribution is 0.259. The zero-order valence-corrected chi connectivity index (χ0v) is 12.4. The maximum atomic E-state index is 13.7. The summed E-state index contributed by atoms with van der Waals surface area (Å²) in [7, 11) is -3.78. The van der Waals surface area contributed by atoms with E-state index in [1.54, 1.807) is 13.8 Å². The highest BCUT2D eigenvalue weighted by atomic mass is 32.2. The molecule has 112 valence electrons. The van der Waals surface area contributed by atoms with Crippen molar-refractivity contribution in [3.8, 4) is 5.75 Å². The second-order valence-corrected chi connectivity index (χ2v) is 6.56. The molecule has 2 N–H and O–H groups in total. The van der Waals surface area contributed by atoms with Crippen LogP contribution in [-0.4, -0.2) is 32.4 Å². The minimum atomic E-state index is -3.78. The van der Waals surface area contributed by atoms with Crippen molar-refractivity contribution < 1.29 is 17.5 Å². The first-order valence-corrected chi connectivity index (χ1v) is 8.07. The number of sulfonamides is 1. The average molecular weight is 302 g/mol. The van der Waals surface area contributed by atoms with Gasteiger partial charge in [-0.05, 0) is 12.1 Å². The molecule has 0 fully saturated rings. The van der Waals surface area contributed by atoms with Gasteiger partial charge in [-0.25, -0.2) is 12.8 Å². The van der Waals surface area contributed by atoms with E-state index in [0.717, 1.165) is 6.07 Å². The maximum Gasteiger partial charge on any atom is 0.246 e. The third-order valence-corrected chi connectivity index (χ3v) is 5.50. The number of hydrogen-bond donors (Lipinski definition) is 1. The number of rotatable bonds is 4. The van der Waals surface area contributed by atoms with Crippen molar-refractivity contribution in [2.24, 2.45) is 5.73 Å². The Bertz CT molecular complexity index is 600. The monoisotopic (exact) mass is 302 g/mol. The van der Waals surface area contributed by atoms with Gasteiger partial charge in [-0.2, -0.15) is 4.31 Å². The van der Waals surface area contributed by atoms with Gasteiger partial charge < -0.3 is 10.5 Å². The number of fused-ring (bicyclic) bond motifs is 1. The van der Waals surface area contributed by atoms with Gasteiger partial charge in [-0.15, -0.1) is 0 Å². The van der Waals surface area contributed by atoms with Crippen LogP contribution in [0.2, 0.25) is 0 Å². The van der Waals surface area contributed by atoms with Gasteiger partial charge >= 0.3 is 0 Å². The van der Waals surface area contributed by atoms with Crippen LogP contribution in [-0.2, 0) is 10.0 Å². The Morgan fingerprint density at radius 3 is 2.65 bits per heavy atom. The summed E-state index contributed by atoms with van der Waals surface area (Å²) in [5.74, 6) is -0.424. The van der Waals surface area contributed by atoms with Crippen molar-refractivity contribution >= 4 is 10.0 Å². The Morgan fingerprint density at radius 2 is 2.05 bits per heavy atom. The van der Waals surface area contributed by atoms with Gasteiger partial charge in [-0.1, -0.05) is 13.8 Å². The van der Waals surface area contributed by atoms with Crippen LogP contribution in [0.15, 0.2) is 17.0 Å². The Kier molecular flexibility index (Phi) is 4.31. The Labute approximate surface area is 118 Å². The SMILES string of the molecule is CCN(CC)S(=O)(=O)c1cc(F)cc2c1OCCC2N. The summed E-state index contributed by atoms with van der Waals surface area (Å²) >= 11 is 0. The zero-order chi connectivity index (χ0) is 14.9. The molecular formula is C13H19FN2O3S. The summed E-state index contributed by atoms with van der Waals surface area (Å²) in [5.41, 5.74) is 6.33. The number of nitrogens with two attached hydrogens (primary N) is 1. The summed E-state index contributed by atoms with van der Waals surface area (Å²) in [4.78, 5) is -0.133. The second kappa shape index (κ2) is 5.67. The van der Waals surface area contributed by atoms with E-state index in [9.17, 15) is 12.8 Å². The quantitative estimate of drug-likeness (QED) is 0.917. The van der Waals surface area contributed by atoms with E-state index in [4.69, 9.17) is 10.5 Å².